The van der Waals surface area contributed by atoms with Gasteiger partial charge in [0.05, 0.1) is 19.6 Å². The van der Waals surface area contributed by atoms with Gasteiger partial charge < -0.3 is 19.4 Å². The first-order valence-electron chi connectivity index (χ1n) is 8.46. The van der Waals surface area contributed by atoms with E-state index in [1.54, 1.807) is 43.3 Å². The fraction of sp³-hybridized carbons (Fsp3) is 0.200. The molecule has 1 aromatic carbocycles. The maximum Gasteiger partial charge on any atom is 0.343 e. The number of hydrogen-bond acceptors (Lipinski definition) is 6. The van der Waals surface area contributed by atoms with Crippen molar-refractivity contribution in [2.45, 2.75) is 13.5 Å². The molecule has 0 atom stereocenters. The van der Waals surface area contributed by atoms with E-state index in [0.717, 1.165) is 0 Å². The quantitative estimate of drug-likeness (QED) is 0.680. The molecule has 0 unspecified atom stereocenters. The van der Waals surface area contributed by atoms with E-state index >= 15 is 0 Å². The summed E-state index contributed by atoms with van der Waals surface area (Å²) in [4.78, 5) is 41.5. The van der Waals surface area contributed by atoms with Gasteiger partial charge in [-0.05, 0) is 31.2 Å². The molecule has 2 heterocycles. The summed E-state index contributed by atoms with van der Waals surface area (Å²) in [6, 6.07) is 10.2. The Morgan fingerprint density at radius 2 is 1.96 bits per heavy atom. The Labute approximate surface area is 160 Å². The molecule has 0 fully saturated rings. The molecule has 1 amide bonds. The average molecular weight is 381 g/mol. The smallest absolute Gasteiger partial charge is 0.343 e. The molecule has 0 aliphatic heterocycles. The van der Waals surface area contributed by atoms with Crippen LogP contribution in [0.4, 0.5) is 5.69 Å². The number of nitrogens with one attached hydrogen (secondary N) is 1. The number of aryl methyl sites for hydroxylation is 1. The second-order valence-electron chi connectivity index (χ2n) is 6.10. The number of anilines is 1. The number of nitrogens with zero attached hydrogens (tertiary/aromatic N) is 2. The third-order valence-corrected chi connectivity index (χ3v) is 4.13. The minimum Gasteiger partial charge on any atom is -0.497 e. The van der Waals surface area contributed by atoms with Gasteiger partial charge in [-0.3, -0.25) is 9.59 Å². The highest BCUT2D eigenvalue weighted by Gasteiger charge is 2.18. The van der Waals surface area contributed by atoms with Crippen LogP contribution in [0.2, 0.25) is 0 Å². The molecule has 0 spiro atoms. The summed E-state index contributed by atoms with van der Waals surface area (Å²) >= 11 is 0. The van der Waals surface area contributed by atoms with Crippen molar-refractivity contribution in [3.63, 3.8) is 0 Å². The lowest BCUT2D eigenvalue weighted by Crippen LogP contribution is -2.25. The summed E-state index contributed by atoms with van der Waals surface area (Å²) in [6.45, 7) is 1.63. The Morgan fingerprint density at radius 1 is 1.18 bits per heavy atom. The van der Waals surface area contributed by atoms with Gasteiger partial charge in [-0.1, -0.05) is 6.07 Å². The Bertz CT molecular complexity index is 1120. The summed E-state index contributed by atoms with van der Waals surface area (Å²) in [5.74, 6) is -0.511. The van der Waals surface area contributed by atoms with Gasteiger partial charge in [0.25, 0.3) is 0 Å². The van der Waals surface area contributed by atoms with Crippen LogP contribution in [0.3, 0.4) is 0 Å². The molecular weight excluding hydrogens is 362 g/mol. The van der Waals surface area contributed by atoms with Gasteiger partial charge in [-0.25, -0.2) is 9.78 Å². The van der Waals surface area contributed by atoms with Gasteiger partial charge in [-0.15, -0.1) is 0 Å². The number of fused-ring (bicyclic) bond motifs is 1. The first-order valence-corrected chi connectivity index (χ1v) is 8.46. The molecule has 0 aliphatic carbocycles. The van der Waals surface area contributed by atoms with Crippen LogP contribution in [0.1, 0.15) is 16.1 Å². The third kappa shape index (κ3) is 3.85. The van der Waals surface area contributed by atoms with E-state index in [1.165, 1.54) is 25.0 Å². The summed E-state index contributed by atoms with van der Waals surface area (Å²) in [7, 11) is 2.73. The summed E-state index contributed by atoms with van der Waals surface area (Å²) in [5.41, 5.74) is 0.916. The standard InChI is InChI=1S/C20H19N3O5/c1-12-7-8-15-18(25)16(20(26)28-3)10-23(19(15)21-12)11-17(24)22-13-5-4-6-14(9-13)27-2/h4-10H,11H2,1-3H3,(H,22,24). The predicted octanol–water partition coefficient (Wildman–Crippen LogP) is 2.14. The zero-order chi connectivity index (χ0) is 20.3. The first kappa shape index (κ1) is 19.1. The second kappa shape index (κ2) is 7.91. The van der Waals surface area contributed by atoms with Crippen molar-refractivity contribution in [2.24, 2.45) is 0 Å². The van der Waals surface area contributed by atoms with Crippen molar-refractivity contribution in [1.82, 2.24) is 9.55 Å². The summed E-state index contributed by atoms with van der Waals surface area (Å²) in [5, 5.41) is 3.00. The largest absolute Gasteiger partial charge is 0.497 e. The molecular formula is C20H19N3O5. The van der Waals surface area contributed by atoms with E-state index in [-0.39, 0.29) is 23.4 Å². The highest BCUT2D eigenvalue weighted by molar-refractivity contribution is 5.95. The van der Waals surface area contributed by atoms with Crippen molar-refractivity contribution in [1.29, 1.82) is 0 Å². The second-order valence-corrected chi connectivity index (χ2v) is 6.10. The van der Waals surface area contributed by atoms with Crippen LogP contribution in [0.25, 0.3) is 11.0 Å². The van der Waals surface area contributed by atoms with E-state index in [2.05, 4.69) is 15.0 Å². The highest BCUT2D eigenvalue weighted by Crippen LogP contribution is 2.17. The zero-order valence-corrected chi connectivity index (χ0v) is 15.7. The van der Waals surface area contributed by atoms with Crippen molar-refractivity contribution in [3.05, 3.63) is 64.1 Å². The number of esters is 1. The van der Waals surface area contributed by atoms with Crippen LogP contribution in [-0.4, -0.2) is 35.6 Å². The van der Waals surface area contributed by atoms with E-state index in [4.69, 9.17) is 4.74 Å². The van der Waals surface area contributed by atoms with Gasteiger partial charge in [-0.2, -0.15) is 0 Å². The van der Waals surface area contributed by atoms with Crippen LogP contribution in [0.15, 0.2) is 47.4 Å². The van der Waals surface area contributed by atoms with Crippen molar-refractivity contribution >= 4 is 28.6 Å². The zero-order valence-electron chi connectivity index (χ0n) is 15.7. The number of ether oxygens (including phenoxy) is 2. The molecule has 144 valence electrons. The minimum absolute atomic E-state index is 0.144. The van der Waals surface area contributed by atoms with E-state index in [1.807, 2.05) is 0 Å². The molecule has 0 saturated carbocycles. The van der Waals surface area contributed by atoms with Crippen LogP contribution in [0.5, 0.6) is 5.75 Å². The fourth-order valence-corrected chi connectivity index (χ4v) is 2.79. The number of carbonyl (C=O) groups is 2. The highest BCUT2D eigenvalue weighted by atomic mass is 16.5. The molecule has 3 rings (SSSR count). The SMILES string of the molecule is COC(=O)c1cn(CC(=O)Nc2cccc(OC)c2)c2nc(C)ccc2c1=O. The van der Waals surface area contributed by atoms with Crippen molar-refractivity contribution in [2.75, 3.05) is 19.5 Å². The summed E-state index contributed by atoms with van der Waals surface area (Å²) in [6.07, 6.45) is 1.30. The van der Waals surface area contributed by atoms with Crippen molar-refractivity contribution in [3.8, 4) is 5.75 Å². The number of carbonyl (C=O) groups excluding carboxylic acids is 2. The molecule has 3 aromatic rings. The van der Waals surface area contributed by atoms with Crippen LogP contribution in [-0.2, 0) is 16.1 Å². The number of pyridine rings is 2. The van der Waals surface area contributed by atoms with E-state index in [0.29, 0.717) is 22.8 Å². The van der Waals surface area contributed by atoms with Crippen LogP contribution < -0.4 is 15.5 Å². The lowest BCUT2D eigenvalue weighted by Gasteiger charge is -2.13. The number of benzene rings is 1. The lowest BCUT2D eigenvalue weighted by molar-refractivity contribution is -0.116. The Kier molecular flexibility index (Phi) is 5.39. The Balaban J connectivity index is 2.00. The maximum absolute atomic E-state index is 12.6. The molecule has 28 heavy (non-hydrogen) atoms. The van der Waals surface area contributed by atoms with Crippen LogP contribution in [0, 0.1) is 6.92 Å². The molecule has 2 aromatic heterocycles. The normalized spacial score (nSPS) is 10.5. The lowest BCUT2D eigenvalue weighted by atomic mass is 10.2. The molecule has 0 radical (unpaired) electrons. The van der Waals surface area contributed by atoms with Gasteiger partial charge in [0, 0.05) is 23.6 Å². The predicted molar refractivity (Wildman–Crippen MR) is 104 cm³/mol. The van der Waals surface area contributed by atoms with Gasteiger partial charge in [0.2, 0.25) is 11.3 Å². The van der Waals surface area contributed by atoms with Crippen molar-refractivity contribution < 1.29 is 19.1 Å². The Hall–Kier alpha value is -3.68. The number of aromatic nitrogens is 2. The number of hydrogen-bond donors (Lipinski definition) is 1. The van der Waals surface area contributed by atoms with Crippen LogP contribution >= 0.6 is 0 Å². The molecule has 8 heteroatoms. The topological polar surface area (TPSA) is 99.5 Å². The molecule has 1 N–H and O–H groups in total. The summed E-state index contributed by atoms with van der Waals surface area (Å²) < 4.78 is 11.3. The fourth-order valence-electron chi connectivity index (χ4n) is 2.79. The first-order chi connectivity index (χ1) is 13.4. The van der Waals surface area contributed by atoms with Gasteiger partial charge in [0.15, 0.2) is 0 Å². The number of amides is 1. The molecule has 0 aliphatic rings. The molecule has 0 bridgehead atoms. The van der Waals surface area contributed by atoms with E-state index < -0.39 is 11.4 Å². The van der Waals surface area contributed by atoms with E-state index in [9.17, 15) is 14.4 Å². The Morgan fingerprint density at radius 3 is 2.68 bits per heavy atom. The monoisotopic (exact) mass is 381 g/mol. The maximum atomic E-state index is 12.6. The number of rotatable bonds is 5. The number of methoxy groups -OCH3 is 2. The minimum atomic E-state index is -0.769. The molecule has 0 saturated heterocycles. The molecule has 8 nitrogen and oxygen atoms in total. The van der Waals surface area contributed by atoms with Gasteiger partial charge >= 0.3 is 5.97 Å². The third-order valence-electron chi connectivity index (χ3n) is 4.13. The average Bonchev–Trinajstić information content (AvgIpc) is 2.69. The van der Waals surface area contributed by atoms with Gasteiger partial charge in [0.1, 0.15) is 23.5 Å².